The Morgan fingerprint density at radius 1 is 1.17 bits per heavy atom. The molecule has 152 valence electrons. The van der Waals surface area contributed by atoms with E-state index in [1.54, 1.807) is 30.7 Å². The van der Waals surface area contributed by atoms with Crippen LogP contribution in [0, 0.1) is 6.92 Å². The molecule has 0 aliphatic carbocycles. The number of ether oxygens (including phenoxy) is 1. The minimum Gasteiger partial charge on any atom is -0.477 e. The number of rotatable bonds is 4. The van der Waals surface area contributed by atoms with Gasteiger partial charge in [-0.15, -0.1) is 11.3 Å². The lowest BCUT2D eigenvalue weighted by Gasteiger charge is -2.28. The Hall–Kier alpha value is -3.37. The molecule has 1 aliphatic heterocycles. The average Bonchev–Trinajstić information content (AvgIpc) is 3.38. The number of pyridine rings is 1. The van der Waals surface area contributed by atoms with E-state index in [9.17, 15) is 9.90 Å². The van der Waals surface area contributed by atoms with Crippen molar-refractivity contribution in [3.05, 3.63) is 48.0 Å². The summed E-state index contributed by atoms with van der Waals surface area (Å²) in [7, 11) is 0. The van der Waals surface area contributed by atoms with Crippen molar-refractivity contribution in [2.45, 2.75) is 6.92 Å². The fourth-order valence-electron chi connectivity index (χ4n) is 3.45. The molecule has 1 N–H and O–H groups in total. The summed E-state index contributed by atoms with van der Waals surface area (Å²) in [6, 6.07) is 7.42. The molecule has 5 rings (SSSR count). The topological polar surface area (TPSA) is 106 Å². The first kappa shape index (κ1) is 18.6. The number of carboxylic acid groups (broad SMARTS) is 1. The minimum atomic E-state index is -1.07. The number of morpholine rings is 1. The Morgan fingerprint density at radius 2 is 1.93 bits per heavy atom. The van der Waals surface area contributed by atoms with E-state index in [0.29, 0.717) is 32.0 Å². The number of carbonyl (C=O) groups is 1. The summed E-state index contributed by atoms with van der Waals surface area (Å²) in [4.78, 5) is 28.4. The Balaban J connectivity index is 1.72. The minimum absolute atomic E-state index is 0.0318. The number of anilines is 1. The number of carboxylic acids is 1. The van der Waals surface area contributed by atoms with Gasteiger partial charge in [0, 0.05) is 30.4 Å². The monoisotopic (exact) mass is 422 g/mol. The molecular formula is C20H18N6O3S. The zero-order chi connectivity index (χ0) is 20.7. The molecule has 1 fully saturated rings. The zero-order valence-corrected chi connectivity index (χ0v) is 17.0. The summed E-state index contributed by atoms with van der Waals surface area (Å²) in [6.45, 7) is 4.39. The van der Waals surface area contributed by atoms with Crippen molar-refractivity contribution < 1.29 is 14.6 Å². The number of nitrogens with zero attached hydrogens (tertiary/aromatic N) is 6. The second-order valence-electron chi connectivity index (χ2n) is 6.90. The predicted molar refractivity (Wildman–Crippen MR) is 112 cm³/mol. The highest BCUT2D eigenvalue weighted by Crippen LogP contribution is 2.37. The standard InChI is InChI=1S/C20H18N6O3S/c1-12-10-15(19(27)28)26(24-12)20-22-14-11-16(13-2-4-21-5-3-13)30-17(14)18(23-20)25-6-8-29-9-7-25/h2-5,10-11H,6-9H2,1H3,(H,27,28). The number of thiophene rings is 1. The van der Waals surface area contributed by atoms with Gasteiger partial charge in [-0.2, -0.15) is 14.8 Å². The maximum absolute atomic E-state index is 11.7. The number of hydrogen-bond acceptors (Lipinski definition) is 8. The number of aryl methyl sites for hydroxylation is 1. The normalized spacial score (nSPS) is 14.4. The lowest BCUT2D eigenvalue weighted by Crippen LogP contribution is -2.37. The van der Waals surface area contributed by atoms with E-state index in [1.165, 1.54) is 10.7 Å². The van der Waals surface area contributed by atoms with Gasteiger partial charge in [0.1, 0.15) is 0 Å². The van der Waals surface area contributed by atoms with Crippen molar-refractivity contribution in [2.24, 2.45) is 0 Å². The van der Waals surface area contributed by atoms with Gasteiger partial charge in [0.15, 0.2) is 11.5 Å². The average molecular weight is 422 g/mol. The van der Waals surface area contributed by atoms with Crippen LogP contribution < -0.4 is 4.90 Å². The maximum Gasteiger partial charge on any atom is 0.354 e. The first-order valence-electron chi connectivity index (χ1n) is 9.45. The third-order valence-corrected chi connectivity index (χ3v) is 6.03. The molecule has 1 saturated heterocycles. The lowest BCUT2D eigenvalue weighted by atomic mass is 10.2. The summed E-state index contributed by atoms with van der Waals surface area (Å²) < 4.78 is 7.74. The largest absolute Gasteiger partial charge is 0.477 e. The van der Waals surface area contributed by atoms with Crippen molar-refractivity contribution in [2.75, 3.05) is 31.2 Å². The van der Waals surface area contributed by atoms with E-state index in [4.69, 9.17) is 9.72 Å². The Kier molecular flexibility index (Phi) is 4.64. The molecule has 1 aliphatic rings. The summed E-state index contributed by atoms with van der Waals surface area (Å²) in [5, 5.41) is 13.9. The van der Waals surface area contributed by atoms with Crippen molar-refractivity contribution in [1.29, 1.82) is 0 Å². The zero-order valence-electron chi connectivity index (χ0n) is 16.1. The summed E-state index contributed by atoms with van der Waals surface area (Å²) in [5.74, 6) is -0.0586. The van der Waals surface area contributed by atoms with Gasteiger partial charge in [-0.25, -0.2) is 9.78 Å². The first-order chi connectivity index (χ1) is 14.6. The van der Waals surface area contributed by atoms with Gasteiger partial charge in [-0.05, 0) is 36.8 Å². The fraction of sp³-hybridized carbons (Fsp3) is 0.250. The smallest absolute Gasteiger partial charge is 0.354 e. The Bertz CT molecular complexity index is 1230. The molecule has 0 spiro atoms. The highest BCUT2D eigenvalue weighted by molar-refractivity contribution is 7.22. The maximum atomic E-state index is 11.7. The first-order valence-corrected chi connectivity index (χ1v) is 10.3. The van der Waals surface area contributed by atoms with Crippen LogP contribution in [0.3, 0.4) is 0 Å². The number of aromatic nitrogens is 5. The molecule has 30 heavy (non-hydrogen) atoms. The van der Waals surface area contributed by atoms with Crippen molar-refractivity contribution >= 4 is 33.3 Å². The molecule has 4 aromatic rings. The van der Waals surface area contributed by atoms with Gasteiger partial charge in [0.25, 0.3) is 5.95 Å². The van der Waals surface area contributed by atoms with Crippen molar-refractivity contribution in [3.8, 4) is 16.4 Å². The number of aromatic carboxylic acids is 1. The van der Waals surface area contributed by atoms with Gasteiger partial charge < -0.3 is 14.7 Å². The van der Waals surface area contributed by atoms with Gasteiger partial charge in [0.05, 0.1) is 29.1 Å². The van der Waals surface area contributed by atoms with Crippen LogP contribution in [0.2, 0.25) is 0 Å². The third-order valence-electron chi connectivity index (χ3n) is 4.86. The van der Waals surface area contributed by atoms with E-state index >= 15 is 0 Å². The highest BCUT2D eigenvalue weighted by Gasteiger charge is 2.23. The fourth-order valence-corrected chi connectivity index (χ4v) is 4.57. The van der Waals surface area contributed by atoms with E-state index in [1.807, 2.05) is 18.2 Å². The third kappa shape index (κ3) is 3.29. The van der Waals surface area contributed by atoms with Crippen LogP contribution in [0.25, 0.3) is 26.6 Å². The van der Waals surface area contributed by atoms with Gasteiger partial charge >= 0.3 is 5.97 Å². The predicted octanol–water partition coefficient (Wildman–Crippen LogP) is 2.78. The van der Waals surface area contributed by atoms with Crippen LogP contribution in [0.4, 0.5) is 5.82 Å². The highest BCUT2D eigenvalue weighted by atomic mass is 32.1. The Morgan fingerprint density at radius 3 is 2.67 bits per heavy atom. The van der Waals surface area contributed by atoms with E-state index in [2.05, 4.69) is 20.0 Å². The van der Waals surface area contributed by atoms with E-state index in [0.717, 1.165) is 26.5 Å². The summed E-state index contributed by atoms with van der Waals surface area (Å²) in [5.41, 5.74) is 2.42. The van der Waals surface area contributed by atoms with Gasteiger partial charge in [0.2, 0.25) is 0 Å². The molecule has 0 radical (unpaired) electrons. The molecule has 0 aromatic carbocycles. The molecule has 0 unspecified atom stereocenters. The molecule has 0 amide bonds. The molecule has 10 heteroatoms. The van der Waals surface area contributed by atoms with Gasteiger partial charge in [-0.1, -0.05) is 0 Å². The van der Waals surface area contributed by atoms with Crippen LogP contribution in [-0.2, 0) is 4.74 Å². The molecule has 0 atom stereocenters. The number of fused-ring (bicyclic) bond motifs is 1. The summed E-state index contributed by atoms with van der Waals surface area (Å²) >= 11 is 1.61. The van der Waals surface area contributed by atoms with E-state index < -0.39 is 5.97 Å². The van der Waals surface area contributed by atoms with Crippen LogP contribution in [0.1, 0.15) is 16.2 Å². The molecule has 0 saturated carbocycles. The van der Waals surface area contributed by atoms with Crippen LogP contribution in [0.15, 0.2) is 36.7 Å². The van der Waals surface area contributed by atoms with E-state index in [-0.39, 0.29) is 11.6 Å². The van der Waals surface area contributed by atoms with Crippen molar-refractivity contribution in [1.82, 2.24) is 24.7 Å². The second kappa shape index (κ2) is 7.47. The summed E-state index contributed by atoms with van der Waals surface area (Å²) in [6.07, 6.45) is 3.51. The quantitative estimate of drug-likeness (QED) is 0.535. The molecule has 0 bridgehead atoms. The van der Waals surface area contributed by atoms with Crippen LogP contribution in [0.5, 0.6) is 0 Å². The number of hydrogen-bond donors (Lipinski definition) is 1. The van der Waals surface area contributed by atoms with Crippen LogP contribution >= 0.6 is 11.3 Å². The van der Waals surface area contributed by atoms with Gasteiger partial charge in [-0.3, -0.25) is 4.98 Å². The SMILES string of the molecule is Cc1cc(C(=O)O)n(-c2nc(N3CCOCC3)c3sc(-c4ccncc4)cc3n2)n1. The lowest BCUT2D eigenvalue weighted by molar-refractivity contribution is 0.0686. The van der Waals surface area contributed by atoms with Crippen LogP contribution in [-0.4, -0.2) is 62.1 Å². The van der Waals surface area contributed by atoms with Crippen molar-refractivity contribution in [3.63, 3.8) is 0 Å². The molecular weight excluding hydrogens is 404 g/mol. The molecule has 4 aromatic heterocycles. The molecule has 5 heterocycles. The second-order valence-corrected chi connectivity index (χ2v) is 7.95. The Labute approximate surface area is 175 Å². The molecule has 9 nitrogen and oxygen atoms in total.